The van der Waals surface area contributed by atoms with Crippen molar-refractivity contribution in [1.82, 2.24) is 14.6 Å². The van der Waals surface area contributed by atoms with Crippen LogP contribution in [0.15, 0.2) is 36.4 Å². The third-order valence-corrected chi connectivity index (χ3v) is 12.6. The molecule has 5 atom stereocenters. The van der Waals surface area contributed by atoms with E-state index in [0.29, 0.717) is 38.5 Å². The number of aryl methyl sites for hydroxylation is 2. The smallest absolute Gasteiger partial charge is 0.240 e. The fraction of sp³-hybridized carbons (Fsp3) is 0.588. The fourth-order valence-electron chi connectivity index (χ4n) is 7.01. The van der Waals surface area contributed by atoms with Crippen molar-refractivity contribution in [2.24, 2.45) is 23.3 Å². The van der Waals surface area contributed by atoms with Crippen LogP contribution in [0.4, 0.5) is 0 Å². The molecule has 3 heterocycles. The molecule has 12 heteroatoms. The molecule has 46 heavy (non-hydrogen) atoms. The minimum Gasteiger partial charge on any atom is -0.483 e. The van der Waals surface area contributed by atoms with Gasteiger partial charge in [0.05, 0.1) is 28.5 Å². The van der Waals surface area contributed by atoms with Crippen LogP contribution in [0.2, 0.25) is 0 Å². The highest BCUT2D eigenvalue weighted by molar-refractivity contribution is 7.91. The summed E-state index contributed by atoms with van der Waals surface area (Å²) in [5.74, 6) is -0.695. The van der Waals surface area contributed by atoms with Crippen LogP contribution in [0, 0.1) is 18.8 Å². The van der Waals surface area contributed by atoms with Gasteiger partial charge in [0.25, 0.3) is 0 Å². The lowest BCUT2D eigenvalue weighted by molar-refractivity contribution is -0.138. The number of aromatic nitrogens is 1. The Balaban J connectivity index is 0.955. The van der Waals surface area contributed by atoms with Gasteiger partial charge in [0.15, 0.2) is 0 Å². The molecule has 1 aromatic carbocycles. The van der Waals surface area contributed by atoms with E-state index in [4.69, 9.17) is 21.2 Å². The largest absolute Gasteiger partial charge is 0.483 e. The third kappa shape index (κ3) is 6.38. The highest BCUT2D eigenvalue weighted by atomic mass is 32.2. The van der Waals surface area contributed by atoms with Crippen LogP contribution in [0.1, 0.15) is 82.4 Å². The Kier molecular flexibility index (Phi) is 8.64. The maximum absolute atomic E-state index is 13.5. The first-order valence-electron chi connectivity index (χ1n) is 16.5. The van der Waals surface area contributed by atoms with Gasteiger partial charge in [-0.15, -0.1) is 0 Å². The van der Waals surface area contributed by atoms with Crippen molar-refractivity contribution in [3.05, 3.63) is 47.7 Å². The zero-order valence-electron chi connectivity index (χ0n) is 26.7. The molecular weight excluding hydrogens is 606 g/mol. The first-order valence-corrected chi connectivity index (χ1v) is 18.0. The number of para-hydroxylation sites is 1. The van der Waals surface area contributed by atoms with Crippen molar-refractivity contribution in [3.63, 3.8) is 0 Å². The van der Waals surface area contributed by atoms with Gasteiger partial charge in [0.1, 0.15) is 17.4 Å². The van der Waals surface area contributed by atoms with Crippen LogP contribution in [-0.4, -0.2) is 65.0 Å². The highest BCUT2D eigenvalue weighted by Crippen LogP contribution is 2.45. The SMILES string of the molecule is Cc1nc2ccccc2c2c1O[C@]1(CC2)C[C@@H](C(N)=O)N(C(=O)[C@@H](N)CCCCC/C=C\[C@@H]2CC2C(=O)NS(=O)(=O)C2(C)CC2)C1. The Morgan fingerprint density at radius 2 is 1.93 bits per heavy atom. The van der Waals surface area contributed by atoms with Gasteiger partial charge in [0.2, 0.25) is 27.7 Å². The summed E-state index contributed by atoms with van der Waals surface area (Å²) < 4.78 is 32.7. The number of carbonyl (C=O) groups excluding carboxylic acids is 3. The van der Waals surface area contributed by atoms with Gasteiger partial charge in [-0.25, -0.2) is 13.4 Å². The number of pyridine rings is 1. The second kappa shape index (κ2) is 12.3. The van der Waals surface area contributed by atoms with Gasteiger partial charge in [-0.1, -0.05) is 43.2 Å². The van der Waals surface area contributed by atoms with Gasteiger partial charge in [-0.3, -0.25) is 19.1 Å². The summed E-state index contributed by atoms with van der Waals surface area (Å²) in [7, 11) is -3.59. The van der Waals surface area contributed by atoms with Crippen LogP contribution in [0.25, 0.3) is 10.9 Å². The van der Waals surface area contributed by atoms with Crippen molar-refractivity contribution >= 4 is 38.6 Å². The number of primary amides is 1. The normalized spacial score (nSPS) is 26.9. The van der Waals surface area contributed by atoms with Crippen molar-refractivity contribution in [1.29, 1.82) is 0 Å². The molecule has 1 aromatic heterocycles. The summed E-state index contributed by atoms with van der Waals surface area (Å²) in [5, 5.41) is 1.06. The molecule has 2 aliphatic carbocycles. The van der Waals surface area contributed by atoms with Crippen LogP contribution < -0.4 is 20.9 Å². The molecule has 11 nitrogen and oxygen atoms in total. The molecule has 1 spiro atoms. The average molecular weight is 652 g/mol. The molecule has 3 fully saturated rings. The van der Waals surface area contributed by atoms with Gasteiger partial charge in [-0.05, 0) is 77.2 Å². The zero-order valence-corrected chi connectivity index (χ0v) is 27.5. The maximum Gasteiger partial charge on any atom is 0.240 e. The number of carbonyl (C=O) groups is 3. The van der Waals surface area contributed by atoms with E-state index >= 15 is 0 Å². The number of likely N-dealkylation sites (tertiary alicyclic amines) is 1. The number of nitrogens with two attached hydrogens (primary N) is 2. The molecule has 3 amide bonds. The number of hydrogen-bond acceptors (Lipinski definition) is 8. The van der Waals surface area contributed by atoms with Crippen LogP contribution in [0.3, 0.4) is 0 Å². The molecule has 2 saturated carbocycles. The average Bonchev–Trinajstić information content (AvgIpc) is 3.93. The fourth-order valence-corrected chi connectivity index (χ4v) is 8.31. The van der Waals surface area contributed by atoms with Crippen LogP contribution in [-0.2, 0) is 30.8 Å². The van der Waals surface area contributed by atoms with E-state index in [1.807, 2.05) is 43.3 Å². The number of ether oxygens (including phenoxy) is 1. The van der Waals surface area contributed by atoms with Gasteiger partial charge in [0, 0.05) is 23.3 Å². The first-order chi connectivity index (χ1) is 21.8. The molecule has 1 unspecified atom stereocenters. The molecule has 248 valence electrons. The number of benzene rings is 1. The number of amides is 3. The predicted octanol–water partition coefficient (Wildman–Crippen LogP) is 3.16. The van der Waals surface area contributed by atoms with E-state index in [0.717, 1.165) is 60.0 Å². The van der Waals surface area contributed by atoms with Crippen molar-refractivity contribution in [2.45, 2.75) is 107 Å². The Morgan fingerprint density at radius 1 is 1.17 bits per heavy atom. The Morgan fingerprint density at radius 3 is 2.67 bits per heavy atom. The van der Waals surface area contributed by atoms with E-state index in [-0.39, 0.29) is 24.3 Å². The molecule has 4 aliphatic rings. The van der Waals surface area contributed by atoms with E-state index in [2.05, 4.69) is 4.72 Å². The molecule has 6 rings (SSSR count). The number of rotatable bonds is 12. The number of sulfonamides is 1. The molecule has 5 N–H and O–H groups in total. The van der Waals surface area contributed by atoms with E-state index in [1.54, 1.807) is 6.92 Å². The second-order valence-electron chi connectivity index (χ2n) is 14.0. The summed E-state index contributed by atoms with van der Waals surface area (Å²) in [5.41, 5.74) is 14.2. The van der Waals surface area contributed by atoms with Crippen molar-refractivity contribution in [3.8, 4) is 5.75 Å². The number of hydrogen-bond donors (Lipinski definition) is 3. The van der Waals surface area contributed by atoms with E-state index in [1.165, 1.54) is 4.90 Å². The molecule has 2 aliphatic heterocycles. The second-order valence-corrected chi connectivity index (χ2v) is 16.2. The quantitative estimate of drug-likeness (QED) is 0.232. The van der Waals surface area contributed by atoms with Crippen molar-refractivity contribution in [2.75, 3.05) is 6.54 Å². The summed E-state index contributed by atoms with van der Waals surface area (Å²) >= 11 is 0. The monoisotopic (exact) mass is 651 g/mol. The van der Waals surface area contributed by atoms with Crippen LogP contribution in [0.5, 0.6) is 5.75 Å². The molecule has 1 saturated heterocycles. The van der Waals surface area contributed by atoms with Crippen LogP contribution >= 0.6 is 0 Å². The lowest BCUT2D eigenvalue weighted by Gasteiger charge is -2.36. The van der Waals surface area contributed by atoms with Gasteiger partial charge < -0.3 is 21.1 Å². The van der Waals surface area contributed by atoms with Gasteiger partial charge >= 0.3 is 0 Å². The third-order valence-electron chi connectivity index (χ3n) is 10.4. The molecule has 0 bridgehead atoms. The van der Waals surface area contributed by atoms with E-state index < -0.39 is 44.3 Å². The van der Waals surface area contributed by atoms with E-state index in [9.17, 15) is 22.8 Å². The number of unbranched alkanes of at least 4 members (excludes halogenated alkanes) is 3. The minimum absolute atomic E-state index is 0.0800. The highest BCUT2D eigenvalue weighted by Gasteiger charge is 2.53. The topological polar surface area (TPSA) is 175 Å². The minimum atomic E-state index is -3.59. The van der Waals surface area contributed by atoms with Crippen molar-refractivity contribution < 1.29 is 27.5 Å². The number of nitrogens with zero attached hydrogens (tertiary/aromatic N) is 2. The Bertz CT molecular complexity index is 1690. The lowest BCUT2D eigenvalue weighted by atomic mass is 9.87. The molecule has 2 aromatic rings. The molecular formula is C34H45N5O6S. The molecule has 0 radical (unpaired) electrons. The maximum atomic E-state index is 13.5. The Hall–Kier alpha value is -3.51. The number of fused-ring (bicyclic) bond motifs is 3. The summed E-state index contributed by atoms with van der Waals surface area (Å²) in [4.78, 5) is 44.6. The van der Waals surface area contributed by atoms with Gasteiger partial charge in [-0.2, -0.15) is 0 Å². The lowest BCUT2D eigenvalue weighted by Crippen LogP contribution is -2.51. The summed E-state index contributed by atoms with van der Waals surface area (Å²) in [6.07, 6.45) is 11.5. The number of allylic oxidation sites excluding steroid dienone is 2. The first kappa shape index (κ1) is 32.4. The number of nitrogens with one attached hydrogen (secondary N) is 1. The zero-order chi connectivity index (χ0) is 32.9. The summed E-state index contributed by atoms with van der Waals surface area (Å²) in [6.45, 7) is 3.85. The predicted molar refractivity (Wildman–Crippen MR) is 174 cm³/mol. The Labute approximate surface area is 270 Å². The summed E-state index contributed by atoms with van der Waals surface area (Å²) in [6, 6.07) is 6.47. The standard InChI is InChI=1S/C34H45N5O6S/c1-21-29-24(23-11-8-9-13-27(23)37-21)14-15-34(45-29)19-28(30(36)40)39(20-34)32(42)26(35)12-7-5-3-4-6-10-22-18-25(22)31(41)38-46(43,44)33(2)16-17-33/h6,8-11,13,22,25-26,28H,3-5,7,12,14-20,35H2,1-2H3,(H2,36,40)(H,38,41)/b10-6-/t22-,25?,26+,28+,34-/m1/s1.